The number of rotatable bonds is 2. The lowest BCUT2D eigenvalue weighted by Crippen LogP contribution is -1.96. The van der Waals surface area contributed by atoms with Gasteiger partial charge in [-0.25, -0.2) is 8.78 Å². The Morgan fingerprint density at radius 2 is 2.08 bits per heavy atom. The van der Waals surface area contributed by atoms with E-state index in [-0.39, 0.29) is 20.4 Å². The zero-order chi connectivity index (χ0) is 10.0. The smallest absolute Gasteiger partial charge is 0.258 e. The molecule has 1 aromatic rings. The Morgan fingerprint density at radius 1 is 1.46 bits per heavy atom. The van der Waals surface area contributed by atoms with Crippen molar-refractivity contribution in [3.63, 3.8) is 0 Å². The van der Waals surface area contributed by atoms with Crippen molar-refractivity contribution in [2.45, 2.75) is 12.3 Å². The van der Waals surface area contributed by atoms with Gasteiger partial charge in [0.2, 0.25) is 0 Å². The summed E-state index contributed by atoms with van der Waals surface area (Å²) < 4.78 is 25.5. The van der Waals surface area contributed by atoms with Crippen LogP contribution in [0.15, 0.2) is 15.1 Å². The molecule has 1 aromatic heterocycles. The molecule has 0 atom stereocenters. The van der Waals surface area contributed by atoms with Gasteiger partial charge in [-0.2, -0.15) is 0 Å². The number of pyridine rings is 1. The molecule has 0 amide bonds. The molecule has 0 aliphatic carbocycles. The van der Waals surface area contributed by atoms with Gasteiger partial charge in [0.15, 0.2) is 0 Å². The van der Waals surface area contributed by atoms with Crippen LogP contribution in [0.3, 0.4) is 0 Å². The van der Waals surface area contributed by atoms with Gasteiger partial charge in [0.25, 0.3) is 6.43 Å². The first-order chi connectivity index (χ1) is 6.07. The average Bonchev–Trinajstić information content (AvgIpc) is 2.04. The molecule has 1 rings (SSSR count). The van der Waals surface area contributed by atoms with Gasteiger partial charge in [0.1, 0.15) is 0 Å². The number of halogens is 5. The summed E-state index contributed by atoms with van der Waals surface area (Å²) in [5.41, 5.74) is 0.311. The molecule has 0 radical (unpaired) electrons. The summed E-state index contributed by atoms with van der Waals surface area (Å²) in [6, 6.07) is 0. The average molecular weight is 335 g/mol. The maximum Gasteiger partial charge on any atom is 0.266 e. The molecule has 1 nitrogen and oxygen atoms in total. The van der Waals surface area contributed by atoms with E-state index in [9.17, 15) is 8.78 Å². The molecule has 0 bridgehead atoms. The van der Waals surface area contributed by atoms with E-state index in [1.165, 1.54) is 6.20 Å². The maximum atomic E-state index is 12.5. The van der Waals surface area contributed by atoms with Crippen molar-refractivity contribution in [2.75, 3.05) is 0 Å². The first-order valence-electron chi connectivity index (χ1n) is 3.24. The lowest BCUT2D eigenvalue weighted by molar-refractivity contribution is 0.149. The van der Waals surface area contributed by atoms with Gasteiger partial charge in [-0.05, 0) is 31.9 Å². The largest absolute Gasteiger partial charge is 0.266 e. The van der Waals surface area contributed by atoms with Crippen molar-refractivity contribution in [1.29, 1.82) is 0 Å². The topological polar surface area (TPSA) is 12.9 Å². The SMILES string of the molecule is FC(F)c1c(Br)cnc(CCl)c1Br. The van der Waals surface area contributed by atoms with Gasteiger partial charge in [-0.3, -0.25) is 4.98 Å². The standard InChI is InChI=1S/C7H4Br2ClF2N/c8-3-2-13-4(1-10)6(9)5(3)7(11)12/h2,7H,1H2. The van der Waals surface area contributed by atoms with Crippen molar-refractivity contribution in [1.82, 2.24) is 4.98 Å². The third-order valence-corrected chi connectivity index (χ3v) is 3.20. The Morgan fingerprint density at radius 3 is 2.54 bits per heavy atom. The first-order valence-corrected chi connectivity index (χ1v) is 5.36. The van der Waals surface area contributed by atoms with Gasteiger partial charge in [-0.1, -0.05) is 0 Å². The Balaban J connectivity index is 3.30. The lowest BCUT2D eigenvalue weighted by Gasteiger charge is -2.08. The minimum atomic E-state index is -2.55. The molecule has 0 spiro atoms. The van der Waals surface area contributed by atoms with E-state index < -0.39 is 6.43 Å². The fourth-order valence-electron chi connectivity index (χ4n) is 0.814. The zero-order valence-corrected chi connectivity index (χ0v) is 10.1. The van der Waals surface area contributed by atoms with Gasteiger partial charge in [-0.15, -0.1) is 11.6 Å². The Hall–Kier alpha value is 0.260. The minimum absolute atomic E-state index is 0.105. The molecular weight excluding hydrogens is 331 g/mol. The number of hydrogen-bond donors (Lipinski definition) is 0. The van der Waals surface area contributed by atoms with Crippen molar-refractivity contribution in [3.8, 4) is 0 Å². The predicted molar refractivity (Wildman–Crippen MR) is 54.2 cm³/mol. The zero-order valence-electron chi connectivity index (χ0n) is 6.20. The lowest BCUT2D eigenvalue weighted by atomic mass is 10.2. The fraction of sp³-hybridized carbons (Fsp3) is 0.286. The highest BCUT2D eigenvalue weighted by Gasteiger charge is 2.18. The summed E-state index contributed by atoms with van der Waals surface area (Å²) in [5, 5.41) is 0. The van der Waals surface area contributed by atoms with E-state index in [1.54, 1.807) is 0 Å². The van der Waals surface area contributed by atoms with E-state index in [4.69, 9.17) is 11.6 Å². The van der Waals surface area contributed by atoms with Crippen LogP contribution < -0.4 is 0 Å². The van der Waals surface area contributed by atoms with Crippen LogP contribution >= 0.6 is 43.5 Å². The monoisotopic (exact) mass is 333 g/mol. The number of hydrogen-bond acceptors (Lipinski definition) is 1. The van der Waals surface area contributed by atoms with E-state index in [0.717, 1.165) is 0 Å². The second-order valence-corrected chi connectivity index (χ2v) is 4.13. The van der Waals surface area contributed by atoms with Gasteiger partial charge in [0.05, 0.1) is 16.0 Å². The third kappa shape index (κ3) is 2.39. The van der Waals surface area contributed by atoms with Crippen LogP contribution in [-0.4, -0.2) is 4.98 Å². The highest BCUT2D eigenvalue weighted by atomic mass is 79.9. The van der Waals surface area contributed by atoms with Crippen LogP contribution in [-0.2, 0) is 5.88 Å². The molecular formula is C7H4Br2ClF2N. The molecule has 6 heteroatoms. The molecule has 0 aliphatic rings. The molecule has 72 valence electrons. The summed E-state index contributed by atoms with van der Waals surface area (Å²) in [5.74, 6) is 0.105. The molecule has 0 aromatic carbocycles. The van der Waals surface area contributed by atoms with Crippen molar-refractivity contribution >= 4 is 43.5 Å². The number of alkyl halides is 3. The summed E-state index contributed by atoms with van der Waals surface area (Å²) in [4.78, 5) is 3.88. The minimum Gasteiger partial charge on any atom is -0.258 e. The molecule has 0 saturated heterocycles. The van der Waals surface area contributed by atoms with E-state index in [1.807, 2.05) is 0 Å². The van der Waals surface area contributed by atoms with Gasteiger partial charge < -0.3 is 0 Å². The molecule has 1 heterocycles. The summed E-state index contributed by atoms with van der Waals surface area (Å²) in [7, 11) is 0. The Bertz CT molecular complexity index is 320. The van der Waals surface area contributed by atoms with Gasteiger partial charge in [0, 0.05) is 16.2 Å². The molecule has 0 aliphatic heterocycles. The van der Waals surface area contributed by atoms with E-state index in [0.29, 0.717) is 5.69 Å². The van der Waals surface area contributed by atoms with Crippen LogP contribution in [0.2, 0.25) is 0 Å². The molecule has 0 saturated carbocycles. The second-order valence-electron chi connectivity index (χ2n) is 2.21. The summed E-state index contributed by atoms with van der Waals surface area (Å²) in [6.07, 6.45) is -1.22. The maximum absolute atomic E-state index is 12.5. The van der Waals surface area contributed by atoms with Gasteiger partial charge >= 0.3 is 0 Å². The Labute approximate surface area is 95.8 Å². The highest BCUT2D eigenvalue weighted by molar-refractivity contribution is 9.11. The van der Waals surface area contributed by atoms with Crippen molar-refractivity contribution in [2.24, 2.45) is 0 Å². The van der Waals surface area contributed by atoms with Crippen LogP contribution in [0.1, 0.15) is 17.7 Å². The normalized spacial score (nSPS) is 10.9. The fourth-order valence-corrected chi connectivity index (χ4v) is 2.55. The van der Waals surface area contributed by atoms with Crippen LogP contribution in [0.25, 0.3) is 0 Å². The summed E-state index contributed by atoms with van der Waals surface area (Å²) in [6.45, 7) is 0. The second kappa shape index (κ2) is 4.66. The third-order valence-electron chi connectivity index (χ3n) is 1.43. The summed E-state index contributed by atoms with van der Waals surface area (Å²) >= 11 is 11.5. The Kier molecular flexibility index (Phi) is 4.06. The van der Waals surface area contributed by atoms with Crippen LogP contribution in [0, 0.1) is 0 Å². The predicted octanol–water partition coefficient (Wildman–Crippen LogP) is 4.28. The number of aromatic nitrogens is 1. The molecule has 13 heavy (non-hydrogen) atoms. The van der Waals surface area contributed by atoms with Crippen LogP contribution in [0.4, 0.5) is 8.78 Å². The molecule has 0 fully saturated rings. The van der Waals surface area contributed by atoms with Crippen molar-refractivity contribution in [3.05, 3.63) is 26.4 Å². The quantitative estimate of drug-likeness (QED) is 0.735. The highest BCUT2D eigenvalue weighted by Crippen LogP contribution is 2.35. The van der Waals surface area contributed by atoms with E-state index in [2.05, 4.69) is 36.8 Å². The first kappa shape index (κ1) is 11.3. The molecule has 0 unspecified atom stereocenters. The molecule has 0 N–H and O–H groups in total. The van der Waals surface area contributed by atoms with Crippen LogP contribution in [0.5, 0.6) is 0 Å². The number of nitrogens with zero attached hydrogens (tertiary/aromatic N) is 1. The van der Waals surface area contributed by atoms with Crippen molar-refractivity contribution < 1.29 is 8.78 Å². The van der Waals surface area contributed by atoms with E-state index >= 15 is 0 Å².